The molecule has 1 saturated heterocycles. The van der Waals surface area contributed by atoms with Crippen LogP contribution in [0, 0.1) is 5.92 Å². The van der Waals surface area contributed by atoms with E-state index in [1.165, 1.54) is 12.1 Å². The van der Waals surface area contributed by atoms with Crippen LogP contribution in [-0.2, 0) is 10.0 Å². The van der Waals surface area contributed by atoms with E-state index < -0.39 is 10.0 Å². The molecule has 2 atom stereocenters. The summed E-state index contributed by atoms with van der Waals surface area (Å²) in [7, 11) is -3.66. The average molecular weight is 314 g/mol. The fourth-order valence-corrected chi connectivity index (χ4v) is 2.85. The van der Waals surface area contributed by atoms with Gasteiger partial charge in [-0.2, -0.15) is 0 Å². The summed E-state index contributed by atoms with van der Waals surface area (Å²) in [5.74, 6) is 0.959. The molecule has 1 aromatic rings. The van der Waals surface area contributed by atoms with Gasteiger partial charge in [0.15, 0.2) is 0 Å². The van der Waals surface area contributed by atoms with E-state index in [2.05, 4.69) is 11.8 Å². The Morgan fingerprint density at radius 2 is 2.05 bits per heavy atom. The average Bonchev–Trinajstić information content (AvgIpc) is 2.42. The maximum absolute atomic E-state index is 11.1. The van der Waals surface area contributed by atoms with Crippen LogP contribution in [0.5, 0.6) is 5.75 Å². The lowest BCUT2D eigenvalue weighted by atomic mass is 9.96. The third-order valence-corrected chi connectivity index (χ3v) is 4.76. The minimum absolute atomic E-state index is 0.0722. The van der Waals surface area contributed by atoms with Gasteiger partial charge in [-0.25, -0.2) is 13.6 Å². The number of hydrogen-bond acceptors (Lipinski definition) is 5. The second kappa shape index (κ2) is 6.74. The molecule has 0 amide bonds. The van der Waals surface area contributed by atoms with Crippen LogP contribution in [0.15, 0.2) is 29.2 Å². The monoisotopic (exact) mass is 314 g/mol. The Kier molecular flexibility index (Phi) is 5.21. The minimum Gasteiger partial charge on any atom is -0.492 e. The summed E-state index contributed by atoms with van der Waals surface area (Å²) in [4.78, 5) is 2.24. The van der Waals surface area contributed by atoms with Crippen LogP contribution in [0.2, 0.25) is 0 Å². The van der Waals surface area contributed by atoms with Crippen molar-refractivity contribution in [2.75, 3.05) is 26.2 Å². The molecule has 0 aromatic heterocycles. The molecule has 1 aliphatic heterocycles. The highest BCUT2D eigenvalue weighted by Crippen LogP contribution is 2.17. The molecule has 2 rings (SSSR count). The van der Waals surface area contributed by atoms with Gasteiger partial charge in [-0.3, -0.25) is 4.90 Å². The molecule has 2 unspecified atom stereocenters. The maximum Gasteiger partial charge on any atom is 0.238 e. The standard InChI is InChI=1S/C14H22N2O4S/c1-11-6-7-16(10-14(11)17)8-9-20-12-2-4-13(5-3-12)21(15,18)19/h2-5,11,14,17H,6-10H2,1H3,(H2,15,18,19). The lowest BCUT2D eigenvalue weighted by Crippen LogP contribution is -2.44. The third-order valence-electron chi connectivity index (χ3n) is 3.83. The quantitative estimate of drug-likeness (QED) is 0.821. The van der Waals surface area contributed by atoms with Crippen LogP contribution < -0.4 is 9.88 Å². The van der Waals surface area contributed by atoms with E-state index in [1.54, 1.807) is 12.1 Å². The van der Waals surface area contributed by atoms with Crippen molar-refractivity contribution in [2.24, 2.45) is 11.1 Å². The molecule has 0 saturated carbocycles. The number of ether oxygens (including phenoxy) is 1. The Bertz CT molecular complexity index is 559. The number of hydrogen-bond donors (Lipinski definition) is 2. The van der Waals surface area contributed by atoms with Crippen LogP contribution in [0.1, 0.15) is 13.3 Å². The van der Waals surface area contributed by atoms with E-state index in [1.807, 2.05) is 0 Å². The number of likely N-dealkylation sites (tertiary alicyclic amines) is 1. The molecule has 118 valence electrons. The van der Waals surface area contributed by atoms with Crippen LogP contribution >= 0.6 is 0 Å². The largest absolute Gasteiger partial charge is 0.492 e. The number of benzene rings is 1. The van der Waals surface area contributed by atoms with Crippen molar-refractivity contribution in [2.45, 2.75) is 24.3 Å². The molecule has 1 fully saturated rings. The van der Waals surface area contributed by atoms with E-state index in [0.29, 0.717) is 24.8 Å². The molecule has 1 aliphatic rings. The van der Waals surface area contributed by atoms with Crippen molar-refractivity contribution in [3.05, 3.63) is 24.3 Å². The van der Waals surface area contributed by atoms with Gasteiger partial charge in [-0.1, -0.05) is 6.92 Å². The van der Waals surface area contributed by atoms with Gasteiger partial charge >= 0.3 is 0 Å². The normalized spacial score (nSPS) is 24.0. The number of rotatable bonds is 5. The fraction of sp³-hybridized carbons (Fsp3) is 0.571. The minimum atomic E-state index is -3.66. The van der Waals surface area contributed by atoms with Crippen molar-refractivity contribution in [3.63, 3.8) is 0 Å². The van der Waals surface area contributed by atoms with Gasteiger partial charge in [0.05, 0.1) is 11.0 Å². The van der Waals surface area contributed by atoms with Crippen LogP contribution in [0.3, 0.4) is 0 Å². The molecule has 0 bridgehead atoms. The molecule has 1 aromatic carbocycles. The molecule has 6 nitrogen and oxygen atoms in total. The van der Waals surface area contributed by atoms with E-state index in [-0.39, 0.29) is 11.0 Å². The van der Waals surface area contributed by atoms with Gasteiger partial charge in [0.2, 0.25) is 10.0 Å². The molecule has 21 heavy (non-hydrogen) atoms. The van der Waals surface area contributed by atoms with Crippen molar-refractivity contribution in [1.29, 1.82) is 0 Å². The van der Waals surface area contributed by atoms with E-state index in [0.717, 1.165) is 19.5 Å². The van der Waals surface area contributed by atoms with Crippen LogP contribution in [0.25, 0.3) is 0 Å². The SMILES string of the molecule is CC1CCN(CCOc2ccc(S(N)(=O)=O)cc2)CC1O. The molecular formula is C14H22N2O4S. The Morgan fingerprint density at radius 1 is 1.38 bits per heavy atom. The number of sulfonamides is 1. The van der Waals surface area contributed by atoms with E-state index >= 15 is 0 Å². The summed E-state index contributed by atoms with van der Waals surface area (Å²) >= 11 is 0. The van der Waals surface area contributed by atoms with E-state index in [9.17, 15) is 13.5 Å². The molecule has 3 N–H and O–H groups in total. The highest BCUT2D eigenvalue weighted by molar-refractivity contribution is 7.89. The fourth-order valence-electron chi connectivity index (χ4n) is 2.34. The maximum atomic E-state index is 11.1. The lowest BCUT2D eigenvalue weighted by molar-refractivity contribution is 0.0244. The molecule has 0 aliphatic carbocycles. The first-order valence-electron chi connectivity index (χ1n) is 7.02. The van der Waals surface area contributed by atoms with Gasteiger partial charge in [0, 0.05) is 13.1 Å². The predicted molar refractivity (Wildman–Crippen MR) is 79.5 cm³/mol. The summed E-state index contributed by atoms with van der Waals surface area (Å²) in [6, 6.07) is 6.04. The first-order valence-corrected chi connectivity index (χ1v) is 8.57. The first kappa shape index (κ1) is 16.2. The van der Waals surface area contributed by atoms with Gasteiger partial charge in [0.1, 0.15) is 12.4 Å². The zero-order valence-electron chi connectivity index (χ0n) is 12.1. The Hall–Kier alpha value is -1.15. The van der Waals surface area contributed by atoms with Gasteiger partial charge in [0.25, 0.3) is 0 Å². The summed E-state index contributed by atoms with van der Waals surface area (Å²) in [5.41, 5.74) is 0. The second-order valence-electron chi connectivity index (χ2n) is 5.50. The Morgan fingerprint density at radius 3 is 2.62 bits per heavy atom. The highest BCUT2D eigenvalue weighted by atomic mass is 32.2. The number of aliphatic hydroxyl groups is 1. The number of nitrogens with two attached hydrogens (primary N) is 1. The zero-order valence-corrected chi connectivity index (χ0v) is 12.9. The van der Waals surface area contributed by atoms with Crippen molar-refractivity contribution in [3.8, 4) is 5.75 Å². The lowest BCUT2D eigenvalue weighted by Gasteiger charge is -2.34. The van der Waals surface area contributed by atoms with Crippen LogP contribution in [0.4, 0.5) is 0 Å². The summed E-state index contributed by atoms with van der Waals surface area (Å²) in [6.45, 7) is 4.93. The number of aliphatic hydroxyl groups excluding tert-OH is 1. The Balaban J connectivity index is 1.79. The second-order valence-corrected chi connectivity index (χ2v) is 7.06. The molecule has 0 radical (unpaired) electrons. The summed E-state index contributed by atoms with van der Waals surface area (Å²) < 4.78 is 27.8. The number of piperidine rings is 1. The smallest absolute Gasteiger partial charge is 0.238 e. The summed E-state index contributed by atoms with van der Waals surface area (Å²) in [6.07, 6.45) is 0.720. The van der Waals surface area contributed by atoms with Gasteiger partial charge in [-0.15, -0.1) is 0 Å². The number of nitrogens with zero attached hydrogens (tertiary/aromatic N) is 1. The topological polar surface area (TPSA) is 92.9 Å². The first-order chi connectivity index (χ1) is 9.86. The Labute approximate surface area is 125 Å². The van der Waals surface area contributed by atoms with Gasteiger partial charge < -0.3 is 9.84 Å². The third kappa shape index (κ3) is 4.67. The van der Waals surface area contributed by atoms with Gasteiger partial charge in [-0.05, 0) is 43.1 Å². The molecular weight excluding hydrogens is 292 g/mol. The van der Waals surface area contributed by atoms with Crippen LogP contribution in [-0.4, -0.2) is 50.8 Å². The molecule has 7 heteroatoms. The molecule has 0 spiro atoms. The number of primary sulfonamides is 1. The number of β-amino-alcohol motifs (C(OH)–C–C–N with tert-alkyl or cyclic N) is 1. The summed E-state index contributed by atoms with van der Waals surface area (Å²) in [5, 5.41) is 14.8. The van der Waals surface area contributed by atoms with E-state index in [4.69, 9.17) is 9.88 Å². The van der Waals surface area contributed by atoms with Crippen molar-refractivity contribution in [1.82, 2.24) is 4.90 Å². The predicted octanol–water partition coefficient (Wildman–Crippen LogP) is 0.416. The van der Waals surface area contributed by atoms with Crippen molar-refractivity contribution < 1.29 is 18.3 Å². The molecule has 1 heterocycles. The highest BCUT2D eigenvalue weighted by Gasteiger charge is 2.23. The zero-order chi connectivity index (χ0) is 15.5. The van der Waals surface area contributed by atoms with Crippen molar-refractivity contribution >= 4 is 10.0 Å².